The quantitative estimate of drug-likeness (QED) is 0.869. The molecule has 2 heterocycles. The van der Waals surface area contributed by atoms with Gasteiger partial charge in [-0.1, -0.05) is 19.9 Å². The Morgan fingerprint density at radius 2 is 2.06 bits per heavy atom. The van der Waals surface area contributed by atoms with Gasteiger partial charge in [0.05, 0.1) is 0 Å². The van der Waals surface area contributed by atoms with Crippen molar-refractivity contribution in [3.05, 3.63) is 30.1 Å². The van der Waals surface area contributed by atoms with E-state index in [1.165, 1.54) is 5.56 Å². The lowest BCUT2D eigenvalue weighted by Gasteiger charge is -2.30. The van der Waals surface area contributed by atoms with E-state index >= 15 is 0 Å². The molecule has 0 aromatic carbocycles. The van der Waals surface area contributed by atoms with Gasteiger partial charge in [-0.05, 0) is 30.9 Å². The van der Waals surface area contributed by atoms with E-state index in [0.29, 0.717) is 5.41 Å². The van der Waals surface area contributed by atoms with Crippen molar-refractivity contribution in [3.8, 4) is 0 Å². The summed E-state index contributed by atoms with van der Waals surface area (Å²) in [6.07, 6.45) is 3.81. The Bertz CT molecular complexity index is 366. The number of nitrogens with one attached hydrogen (secondary N) is 1. The zero-order valence-corrected chi connectivity index (χ0v) is 12.0. The summed E-state index contributed by atoms with van der Waals surface area (Å²) in [4.78, 5) is 6.74. The highest BCUT2D eigenvalue weighted by Gasteiger charge is 2.32. The molecule has 1 N–H and O–H groups in total. The molecule has 0 unspecified atom stereocenters. The molecule has 1 aliphatic rings. The molecule has 1 aromatic heterocycles. The Balaban J connectivity index is 2.10. The first kappa shape index (κ1) is 13.5. The summed E-state index contributed by atoms with van der Waals surface area (Å²) >= 11 is 0. The van der Waals surface area contributed by atoms with Crippen molar-refractivity contribution in [1.82, 2.24) is 15.2 Å². The number of pyridine rings is 1. The maximum atomic E-state index is 4.20. The number of rotatable bonds is 2. The molecule has 0 spiro atoms. The zero-order chi connectivity index (χ0) is 13.2. The fourth-order valence-corrected chi connectivity index (χ4v) is 2.67. The minimum atomic E-state index is 0.177. The van der Waals surface area contributed by atoms with Crippen LogP contribution in [-0.4, -0.2) is 35.1 Å². The normalized spacial score (nSPS) is 23.6. The number of aromatic nitrogens is 1. The summed E-state index contributed by atoms with van der Waals surface area (Å²) in [5, 5.41) is 3.67. The van der Waals surface area contributed by atoms with Crippen molar-refractivity contribution in [2.45, 2.75) is 39.8 Å². The number of hydrogen-bond acceptors (Lipinski definition) is 3. The van der Waals surface area contributed by atoms with Gasteiger partial charge in [0.25, 0.3) is 0 Å². The van der Waals surface area contributed by atoms with Crippen molar-refractivity contribution in [2.75, 3.05) is 19.6 Å². The maximum Gasteiger partial charge on any atom is 0.0312 e. The topological polar surface area (TPSA) is 28.2 Å². The summed E-state index contributed by atoms with van der Waals surface area (Å²) in [5.74, 6) is 0. The van der Waals surface area contributed by atoms with Gasteiger partial charge in [0.2, 0.25) is 0 Å². The second-order valence-corrected chi connectivity index (χ2v) is 6.91. The van der Waals surface area contributed by atoms with E-state index in [2.05, 4.69) is 49.0 Å². The SMILES string of the molecule is CC1(C)CNC(C)(C)CN(Cc2cccnc2)C1. The van der Waals surface area contributed by atoms with E-state index in [4.69, 9.17) is 0 Å². The molecule has 0 bridgehead atoms. The van der Waals surface area contributed by atoms with Crippen LogP contribution < -0.4 is 5.32 Å². The molecule has 1 fully saturated rings. The second kappa shape index (κ2) is 4.98. The molecule has 0 radical (unpaired) electrons. The van der Waals surface area contributed by atoms with Gasteiger partial charge >= 0.3 is 0 Å². The molecule has 3 heteroatoms. The first-order valence-electron chi connectivity index (χ1n) is 6.73. The fourth-order valence-electron chi connectivity index (χ4n) is 2.67. The molecule has 2 rings (SSSR count). The van der Waals surface area contributed by atoms with Crippen molar-refractivity contribution < 1.29 is 0 Å². The second-order valence-electron chi connectivity index (χ2n) is 6.91. The average molecular weight is 247 g/mol. The van der Waals surface area contributed by atoms with Crippen LogP contribution in [0.4, 0.5) is 0 Å². The Morgan fingerprint density at radius 3 is 2.72 bits per heavy atom. The lowest BCUT2D eigenvalue weighted by atomic mass is 9.93. The van der Waals surface area contributed by atoms with Gasteiger partial charge in [0.15, 0.2) is 0 Å². The van der Waals surface area contributed by atoms with E-state index in [1.54, 1.807) is 0 Å². The van der Waals surface area contributed by atoms with Gasteiger partial charge in [-0.2, -0.15) is 0 Å². The van der Waals surface area contributed by atoms with E-state index in [0.717, 1.165) is 26.2 Å². The monoisotopic (exact) mass is 247 g/mol. The Morgan fingerprint density at radius 1 is 1.28 bits per heavy atom. The average Bonchev–Trinajstić information content (AvgIpc) is 2.36. The third-order valence-electron chi connectivity index (χ3n) is 3.44. The van der Waals surface area contributed by atoms with E-state index < -0.39 is 0 Å². The Labute approximate surface area is 111 Å². The lowest BCUT2D eigenvalue weighted by Crippen LogP contribution is -2.46. The van der Waals surface area contributed by atoms with Crippen LogP contribution in [0.5, 0.6) is 0 Å². The predicted octanol–water partition coefficient (Wildman–Crippen LogP) is 2.29. The number of nitrogens with zero attached hydrogens (tertiary/aromatic N) is 2. The molecule has 0 atom stereocenters. The number of hydrogen-bond donors (Lipinski definition) is 1. The van der Waals surface area contributed by atoms with Gasteiger partial charge in [-0.25, -0.2) is 0 Å². The van der Waals surface area contributed by atoms with Crippen LogP contribution in [0.25, 0.3) is 0 Å². The molecule has 100 valence electrons. The fraction of sp³-hybridized carbons (Fsp3) is 0.667. The predicted molar refractivity (Wildman–Crippen MR) is 75.4 cm³/mol. The summed E-state index contributed by atoms with van der Waals surface area (Å²) in [5.41, 5.74) is 1.79. The first-order chi connectivity index (χ1) is 8.36. The molecule has 1 aliphatic heterocycles. The molecule has 0 amide bonds. The molecule has 3 nitrogen and oxygen atoms in total. The highest BCUT2D eigenvalue weighted by molar-refractivity contribution is 5.09. The molecule has 1 aromatic rings. The van der Waals surface area contributed by atoms with E-state index in [-0.39, 0.29) is 5.54 Å². The lowest BCUT2D eigenvalue weighted by molar-refractivity contribution is 0.183. The van der Waals surface area contributed by atoms with Crippen molar-refractivity contribution in [2.24, 2.45) is 5.41 Å². The van der Waals surface area contributed by atoms with Crippen molar-refractivity contribution in [1.29, 1.82) is 0 Å². The molecule has 0 saturated carbocycles. The van der Waals surface area contributed by atoms with Gasteiger partial charge in [0.1, 0.15) is 0 Å². The Hall–Kier alpha value is -0.930. The van der Waals surface area contributed by atoms with Crippen LogP contribution in [0.15, 0.2) is 24.5 Å². The largest absolute Gasteiger partial charge is 0.310 e. The summed E-state index contributed by atoms with van der Waals surface area (Å²) in [6, 6.07) is 4.17. The van der Waals surface area contributed by atoms with Crippen LogP contribution in [0, 0.1) is 5.41 Å². The Kier molecular flexibility index (Phi) is 3.74. The smallest absolute Gasteiger partial charge is 0.0312 e. The third kappa shape index (κ3) is 3.79. The van der Waals surface area contributed by atoms with Crippen molar-refractivity contribution >= 4 is 0 Å². The van der Waals surface area contributed by atoms with Crippen molar-refractivity contribution in [3.63, 3.8) is 0 Å². The zero-order valence-electron chi connectivity index (χ0n) is 12.0. The molecule has 1 saturated heterocycles. The standard InChI is InChI=1S/C15H25N3/c1-14(2)10-17-15(3,4)12-18(11-14)9-13-6-5-7-16-8-13/h5-8,17H,9-12H2,1-4H3. The van der Waals surface area contributed by atoms with E-state index in [9.17, 15) is 0 Å². The summed E-state index contributed by atoms with van der Waals surface area (Å²) in [7, 11) is 0. The third-order valence-corrected chi connectivity index (χ3v) is 3.44. The summed E-state index contributed by atoms with van der Waals surface area (Å²) < 4.78 is 0. The van der Waals surface area contributed by atoms with Crippen LogP contribution in [0.3, 0.4) is 0 Å². The molecular formula is C15H25N3. The van der Waals surface area contributed by atoms with Crippen LogP contribution >= 0.6 is 0 Å². The molecule has 18 heavy (non-hydrogen) atoms. The van der Waals surface area contributed by atoms with Gasteiger partial charge in [0, 0.05) is 44.1 Å². The summed E-state index contributed by atoms with van der Waals surface area (Å²) in [6.45, 7) is 13.5. The highest BCUT2D eigenvalue weighted by Crippen LogP contribution is 2.23. The first-order valence-corrected chi connectivity index (χ1v) is 6.73. The van der Waals surface area contributed by atoms with Gasteiger partial charge in [-0.15, -0.1) is 0 Å². The van der Waals surface area contributed by atoms with Crippen LogP contribution in [-0.2, 0) is 6.54 Å². The molecule has 0 aliphatic carbocycles. The molecular weight excluding hydrogens is 222 g/mol. The maximum absolute atomic E-state index is 4.20. The van der Waals surface area contributed by atoms with Gasteiger partial charge in [-0.3, -0.25) is 9.88 Å². The van der Waals surface area contributed by atoms with Crippen LogP contribution in [0.1, 0.15) is 33.3 Å². The van der Waals surface area contributed by atoms with E-state index in [1.807, 2.05) is 18.5 Å². The van der Waals surface area contributed by atoms with Gasteiger partial charge < -0.3 is 5.32 Å². The highest BCUT2D eigenvalue weighted by atomic mass is 15.2. The van der Waals surface area contributed by atoms with Crippen LogP contribution in [0.2, 0.25) is 0 Å². The minimum absolute atomic E-state index is 0.177. The minimum Gasteiger partial charge on any atom is -0.310 e.